The van der Waals surface area contributed by atoms with Gasteiger partial charge in [0.1, 0.15) is 0 Å². The van der Waals surface area contributed by atoms with Gasteiger partial charge in [0.2, 0.25) is 0 Å². The lowest BCUT2D eigenvalue weighted by Crippen LogP contribution is -1.95. The van der Waals surface area contributed by atoms with Crippen LogP contribution < -0.4 is 0 Å². The number of hydrogen-bond donors (Lipinski definition) is 1. The van der Waals surface area contributed by atoms with Gasteiger partial charge in [0.15, 0.2) is 0 Å². The molecule has 9 heavy (non-hydrogen) atoms. The van der Waals surface area contributed by atoms with E-state index in [0.717, 1.165) is 17.4 Å². The Kier molecular flexibility index (Phi) is 6.65. The molecule has 0 rings (SSSR count). The Morgan fingerprint density at radius 3 is 2.67 bits per heavy atom. The third-order valence-electron chi connectivity index (χ3n) is 1.28. The number of aliphatic hydroxyl groups is 1. The molecule has 56 valence electrons. The van der Waals surface area contributed by atoms with Gasteiger partial charge in [-0.1, -0.05) is 13.8 Å². The van der Waals surface area contributed by atoms with Crippen molar-refractivity contribution in [2.24, 2.45) is 0 Å². The van der Waals surface area contributed by atoms with E-state index >= 15 is 0 Å². The number of hydrogen-bond acceptors (Lipinski definition) is 2. The molecular weight excluding hydrogens is 132 g/mol. The highest BCUT2D eigenvalue weighted by atomic mass is 32.2. The molecule has 0 saturated carbocycles. The summed E-state index contributed by atoms with van der Waals surface area (Å²) in [5, 5.41) is 9.20. The Labute approximate surface area is 61.8 Å². The second-order valence-electron chi connectivity index (χ2n) is 2.17. The van der Waals surface area contributed by atoms with Gasteiger partial charge in [0.25, 0.3) is 0 Å². The van der Waals surface area contributed by atoms with Gasteiger partial charge in [-0.05, 0) is 18.6 Å². The first-order valence-electron chi connectivity index (χ1n) is 3.53. The summed E-state index contributed by atoms with van der Waals surface area (Å²) in [5.41, 5.74) is 0. The molecule has 1 nitrogen and oxygen atoms in total. The lowest BCUT2D eigenvalue weighted by molar-refractivity contribution is 0.296. The topological polar surface area (TPSA) is 20.2 Å². The molecule has 1 unspecified atom stereocenters. The maximum atomic E-state index is 8.44. The van der Waals surface area contributed by atoms with Crippen LogP contribution in [0.4, 0.5) is 0 Å². The fourth-order valence-electron chi connectivity index (χ4n) is 0.467. The zero-order valence-corrected chi connectivity index (χ0v) is 7.08. The predicted molar refractivity (Wildman–Crippen MR) is 43.9 cm³/mol. The largest absolute Gasteiger partial charge is 0.396 e. The van der Waals surface area contributed by atoms with Gasteiger partial charge >= 0.3 is 0 Å². The Hall–Kier alpha value is 0.310. The van der Waals surface area contributed by atoms with Gasteiger partial charge in [-0.25, -0.2) is 0 Å². The Morgan fingerprint density at radius 2 is 2.22 bits per heavy atom. The fraction of sp³-hybridized carbons (Fsp3) is 1.00. The lowest BCUT2D eigenvalue weighted by atomic mass is 10.4. The van der Waals surface area contributed by atoms with Crippen molar-refractivity contribution in [2.75, 3.05) is 12.4 Å². The summed E-state index contributed by atoms with van der Waals surface area (Å²) < 4.78 is 0. The van der Waals surface area contributed by atoms with Gasteiger partial charge in [0.05, 0.1) is 0 Å². The van der Waals surface area contributed by atoms with Gasteiger partial charge < -0.3 is 5.11 Å². The summed E-state index contributed by atoms with van der Waals surface area (Å²) >= 11 is 1.94. The van der Waals surface area contributed by atoms with Gasteiger partial charge in [0, 0.05) is 11.9 Å². The molecule has 1 N–H and O–H groups in total. The molecule has 0 heterocycles. The smallest absolute Gasteiger partial charge is 0.0438 e. The summed E-state index contributed by atoms with van der Waals surface area (Å²) in [5.74, 6) is 1.10. The molecule has 0 aromatic heterocycles. The first kappa shape index (κ1) is 9.31. The van der Waals surface area contributed by atoms with Crippen LogP contribution in [0.25, 0.3) is 0 Å². The van der Waals surface area contributed by atoms with Crippen molar-refractivity contribution in [3.63, 3.8) is 0 Å². The molecule has 0 aliphatic heterocycles. The first-order valence-corrected chi connectivity index (χ1v) is 4.58. The van der Waals surface area contributed by atoms with Crippen LogP contribution in [0, 0.1) is 0 Å². The van der Waals surface area contributed by atoms with E-state index in [1.165, 1.54) is 6.42 Å². The van der Waals surface area contributed by atoms with E-state index in [0.29, 0.717) is 6.61 Å². The molecule has 2 heteroatoms. The Morgan fingerprint density at radius 1 is 1.56 bits per heavy atom. The highest BCUT2D eigenvalue weighted by Crippen LogP contribution is 2.13. The molecule has 0 aromatic carbocycles. The molecule has 0 aliphatic rings. The highest BCUT2D eigenvalue weighted by molar-refractivity contribution is 7.99. The maximum absolute atomic E-state index is 8.44. The minimum absolute atomic E-state index is 0.337. The maximum Gasteiger partial charge on any atom is 0.0438 e. The van der Waals surface area contributed by atoms with Crippen LogP contribution in [0.3, 0.4) is 0 Å². The highest BCUT2D eigenvalue weighted by Gasteiger charge is 1.96. The molecule has 0 spiro atoms. The van der Waals surface area contributed by atoms with Crippen molar-refractivity contribution >= 4 is 11.8 Å². The molecule has 0 radical (unpaired) electrons. The quantitative estimate of drug-likeness (QED) is 0.601. The van der Waals surface area contributed by atoms with Gasteiger partial charge in [-0.15, -0.1) is 0 Å². The predicted octanol–water partition coefficient (Wildman–Crippen LogP) is 1.90. The van der Waals surface area contributed by atoms with Crippen molar-refractivity contribution in [1.29, 1.82) is 0 Å². The Balaban J connectivity index is 2.88. The van der Waals surface area contributed by atoms with Crippen LogP contribution in [0.1, 0.15) is 26.7 Å². The number of rotatable bonds is 5. The summed E-state index contributed by atoms with van der Waals surface area (Å²) in [7, 11) is 0. The van der Waals surface area contributed by atoms with Crippen LogP contribution >= 0.6 is 11.8 Å². The normalized spacial score (nSPS) is 13.7. The van der Waals surface area contributed by atoms with Crippen LogP contribution in [0.15, 0.2) is 0 Å². The minimum atomic E-state index is 0.337. The average molecular weight is 148 g/mol. The van der Waals surface area contributed by atoms with Crippen molar-refractivity contribution in [3.05, 3.63) is 0 Å². The summed E-state index contributed by atoms with van der Waals surface area (Å²) in [6.45, 7) is 4.75. The summed E-state index contributed by atoms with van der Waals surface area (Å²) in [6, 6.07) is 0. The van der Waals surface area contributed by atoms with E-state index in [1.807, 2.05) is 11.8 Å². The van der Waals surface area contributed by atoms with E-state index < -0.39 is 0 Å². The third-order valence-corrected chi connectivity index (χ3v) is 2.71. The molecule has 0 fully saturated rings. The van der Waals surface area contributed by atoms with Crippen molar-refractivity contribution in [1.82, 2.24) is 0 Å². The molecule has 0 aliphatic carbocycles. The molecule has 0 bridgehead atoms. The number of thioether (sulfide) groups is 1. The van der Waals surface area contributed by atoms with Gasteiger partial charge in [-0.2, -0.15) is 11.8 Å². The van der Waals surface area contributed by atoms with E-state index in [4.69, 9.17) is 5.11 Å². The van der Waals surface area contributed by atoms with Crippen molar-refractivity contribution in [3.8, 4) is 0 Å². The molecule has 0 aromatic rings. The lowest BCUT2D eigenvalue weighted by Gasteiger charge is -2.05. The van der Waals surface area contributed by atoms with E-state index in [2.05, 4.69) is 13.8 Å². The van der Waals surface area contributed by atoms with Crippen LogP contribution in [0.2, 0.25) is 0 Å². The standard InChI is InChI=1S/C7H16OS/c1-3-7(2)9-6-4-5-8/h7-8H,3-6H2,1-2H3. The second kappa shape index (κ2) is 6.43. The summed E-state index contributed by atoms with van der Waals surface area (Å²) in [4.78, 5) is 0. The first-order chi connectivity index (χ1) is 4.31. The SMILES string of the molecule is CCC(C)SCCCO. The van der Waals surface area contributed by atoms with Crippen LogP contribution in [0.5, 0.6) is 0 Å². The molecule has 0 amide bonds. The molecule has 0 saturated heterocycles. The Bertz CT molecular complexity index is 56.9. The minimum Gasteiger partial charge on any atom is -0.396 e. The van der Waals surface area contributed by atoms with Gasteiger partial charge in [-0.3, -0.25) is 0 Å². The zero-order chi connectivity index (χ0) is 7.11. The number of aliphatic hydroxyl groups excluding tert-OH is 1. The summed E-state index contributed by atoms with van der Waals surface area (Å²) in [6.07, 6.45) is 2.17. The molecule has 1 atom stereocenters. The van der Waals surface area contributed by atoms with E-state index in [9.17, 15) is 0 Å². The monoisotopic (exact) mass is 148 g/mol. The van der Waals surface area contributed by atoms with Crippen molar-refractivity contribution in [2.45, 2.75) is 31.9 Å². The van der Waals surface area contributed by atoms with Crippen LogP contribution in [-0.4, -0.2) is 22.7 Å². The van der Waals surface area contributed by atoms with E-state index in [1.54, 1.807) is 0 Å². The second-order valence-corrected chi connectivity index (χ2v) is 3.71. The molecular formula is C7H16OS. The van der Waals surface area contributed by atoms with E-state index in [-0.39, 0.29) is 0 Å². The van der Waals surface area contributed by atoms with Crippen LogP contribution in [-0.2, 0) is 0 Å². The van der Waals surface area contributed by atoms with Crippen molar-refractivity contribution < 1.29 is 5.11 Å². The average Bonchev–Trinajstić information content (AvgIpc) is 1.89. The third kappa shape index (κ3) is 6.19. The fourth-order valence-corrected chi connectivity index (χ4v) is 1.40. The zero-order valence-electron chi connectivity index (χ0n) is 6.26.